The molecule has 0 saturated carbocycles. The summed E-state index contributed by atoms with van der Waals surface area (Å²) in [4.78, 5) is 6.55. The van der Waals surface area contributed by atoms with Gasteiger partial charge in [0.25, 0.3) is 0 Å². The maximum Gasteiger partial charge on any atom is 0.0641 e. The summed E-state index contributed by atoms with van der Waals surface area (Å²) in [6, 6.07) is 2.18. The molecule has 0 radical (unpaired) electrons. The van der Waals surface area contributed by atoms with Crippen LogP contribution < -0.4 is 4.90 Å². The van der Waals surface area contributed by atoms with Crippen LogP contribution in [0.2, 0.25) is 0 Å². The zero-order chi connectivity index (χ0) is 9.80. The number of aromatic nitrogens is 1. The van der Waals surface area contributed by atoms with Crippen LogP contribution in [0.15, 0.2) is 18.5 Å². The molecule has 2 rings (SSSR count). The van der Waals surface area contributed by atoms with E-state index in [1.807, 2.05) is 12.4 Å². The van der Waals surface area contributed by atoms with Gasteiger partial charge in [0.1, 0.15) is 0 Å². The van der Waals surface area contributed by atoms with Crippen LogP contribution in [0.4, 0.5) is 5.69 Å². The predicted octanol–water partition coefficient (Wildman–Crippen LogP) is 1.62. The Balaban J connectivity index is 2.12. The molecule has 0 amide bonds. The summed E-state index contributed by atoms with van der Waals surface area (Å²) < 4.78 is 5.41. The fraction of sp³-hybridized carbons (Fsp3) is 0.545. The van der Waals surface area contributed by atoms with Crippen molar-refractivity contribution in [1.29, 1.82) is 0 Å². The van der Waals surface area contributed by atoms with E-state index >= 15 is 0 Å². The van der Waals surface area contributed by atoms with Gasteiger partial charge in [-0.05, 0) is 25.0 Å². The van der Waals surface area contributed by atoms with E-state index < -0.39 is 0 Å². The van der Waals surface area contributed by atoms with Gasteiger partial charge in [-0.1, -0.05) is 0 Å². The molecule has 1 fully saturated rings. The van der Waals surface area contributed by atoms with E-state index in [1.165, 1.54) is 11.3 Å². The van der Waals surface area contributed by atoms with Crippen molar-refractivity contribution in [1.82, 2.24) is 4.98 Å². The maximum atomic E-state index is 5.41. The fourth-order valence-electron chi connectivity index (χ4n) is 1.72. The van der Waals surface area contributed by atoms with Gasteiger partial charge in [-0.25, -0.2) is 0 Å². The zero-order valence-corrected chi connectivity index (χ0v) is 8.57. The molecule has 0 unspecified atom stereocenters. The first-order valence-electron chi connectivity index (χ1n) is 5.10. The van der Waals surface area contributed by atoms with E-state index in [9.17, 15) is 0 Å². The van der Waals surface area contributed by atoms with Gasteiger partial charge in [0.2, 0.25) is 0 Å². The molecule has 2 heterocycles. The van der Waals surface area contributed by atoms with Crippen molar-refractivity contribution >= 4 is 5.69 Å². The smallest absolute Gasteiger partial charge is 0.0641 e. The van der Waals surface area contributed by atoms with Gasteiger partial charge in [-0.15, -0.1) is 0 Å². The number of rotatable bonds is 1. The number of ether oxygens (including phenoxy) is 1. The molecule has 0 aliphatic carbocycles. The van der Waals surface area contributed by atoms with Crippen LogP contribution in [0, 0.1) is 6.92 Å². The van der Waals surface area contributed by atoms with Crippen molar-refractivity contribution in [3.8, 4) is 0 Å². The SMILES string of the molecule is Cc1cncc(N2CCCOCC2)c1. The standard InChI is InChI=1S/C11H16N2O/c1-10-7-11(9-12-8-10)13-3-2-5-14-6-4-13/h7-9H,2-6H2,1H3. The highest BCUT2D eigenvalue weighted by Crippen LogP contribution is 2.15. The molecule has 0 spiro atoms. The molecule has 0 bridgehead atoms. The van der Waals surface area contributed by atoms with E-state index in [2.05, 4.69) is 22.9 Å². The number of aryl methyl sites for hydroxylation is 1. The Kier molecular flexibility index (Phi) is 2.99. The first kappa shape index (κ1) is 9.46. The summed E-state index contributed by atoms with van der Waals surface area (Å²) in [5, 5.41) is 0. The van der Waals surface area contributed by atoms with Crippen LogP contribution in [0.25, 0.3) is 0 Å². The van der Waals surface area contributed by atoms with E-state index in [0.29, 0.717) is 0 Å². The first-order valence-corrected chi connectivity index (χ1v) is 5.10. The fourth-order valence-corrected chi connectivity index (χ4v) is 1.72. The van der Waals surface area contributed by atoms with E-state index in [1.54, 1.807) is 0 Å². The average molecular weight is 192 g/mol. The molecule has 0 N–H and O–H groups in total. The number of hydrogen-bond donors (Lipinski definition) is 0. The summed E-state index contributed by atoms with van der Waals surface area (Å²) in [6.07, 6.45) is 4.92. The molecule has 0 aromatic carbocycles. The summed E-state index contributed by atoms with van der Waals surface area (Å²) >= 11 is 0. The van der Waals surface area contributed by atoms with Gasteiger partial charge in [-0.3, -0.25) is 4.98 Å². The predicted molar refractivity (Wildman–Crippen MR) is 56.6 cm³/mol. The molecule has 1 aromatic heterocycles. The quantitative estimate of drug-likeness (QED) is 0.676. The molecule has 14 heavy (non-hydrogen) atoms. The molecule has 1 aromatic rings. The second-order valence-electron chi connectivity index (χ2n) is 3.67. The third-order valence-electron chi connectivity index (χ3n) is 2.45. The molecular formula is C11H16N2O. The number of nitrogens with zero attached hydrogens (tertiary/aromatic N) is 2. The van der Waals surface area contributed by atoms with Gasteiger partial charge < -0.3 is 9.64 Å². The van der Waals surface area contributed by atoms with Crippen LogP contribution in [0.1, 0.15) is 12.0 Å². The second-order valence-corrected chi connectivity index (χ2v) is 3.67. The zero-order valence-electron chi connectivity index (χ0n) is 8.57. The number of pyridine rings is 1. The van der Waals surface area contributed by atoms with E-state index in [-0.39, 0.29) is 0 Å². The molecule has 0 atom stereocenters. The van der Waals surface area contributed by atoms with Crippen molar-refractivity contribution in [3.05, 3.63) is 24.0 Å². The molecule has 1 aliphatic heterocycles. The Morgan fingerprint density at radius 2 is 2.21 bits per heavy atom. The van der Waals surface area contributed by atoms with Gasteiger partial charge in [0.15, 0.2) is 0 Å². The third kappa shape index (κ3) is 2.23. The van der Waals surface area contributed by atoms with Crippen molar-refractivity contribution in [2.75, 3.05) is 31.2 Å². The topological polar surface area (TPSA) is 25.4 Å². The molecule has 1 aliphatic rings. The van der Waals surface area contributed by atoms with E-state index in [0.717, 1.165) is 32.7 Å². The lowest BCUT2D eigenvalue weighted by atomic mass is 10.2. The highest BCUT2D eigenvalue weighted by Gasteiger charge is 2.09. The van der Waals surface area contributed by atoms with Crippen LogP contribution in [-0.2, 0) is 4.74 Å². The van der Waals surface area contributed by atoms with Gasteiger partial charge in [-0.2, -0.15) is 0 Å². The molecule has 3 heteroatoms. The Morgan fingerprint density at radius 3 is 3.07 bits per heavy atom. The van der Waals surface area contributed by atoms with Crippen molar-refractivity contribution in [3.63, 3.8) is 0 Å². The minimum absolute atomic E-state index is 0.827. The highest BCUT2D eigenvalue weighted by molar-refractivity contribution is 5.45. The van der Waals surface area contributed by atoms with E-state index in [4.69, 9.17) is 4.74 Å². The monoisotopic (exact) mass is 192 g/mol. The molecule has 76 valence electrons. The number of hydrogen-bond acceptors (Lipinski definition) is 3. The van der Waals surface area contributed by atoms with Gasteiger partial charge >= 0.3 is 0 Å². The minimum Gasteiger partial charge on any atom is -0.380 e. The second kappa shape index (κ2) is 4.42. The Labute approximate surface area is 84.7 Å². The normalized spacial score (nSPS) is 17.9. The lowest BCUT2D eigenvalue weighted by molar-refractivity contribution is 0.152. The summed E-state index contributed by atoms with van der Waals surface area (Å²) in [5.41, 5.74) is 2.43. The van der Waals surface area contributed by atoms with Crippen LogP contribution in [-0.4, -0.2) is 31.3 Å². The van der Waals surface area contributed by atoms with Crippen molar-refractivity contribution in [2.45, 2.75) is 13.3 Å². The number of anilines is 1. The van der Waals surface area contributed by atoms with Gasteiger partial charge in [0.05, 0.1) is 18.5 Å². The Morgan fingerprint density at radius 1 is 1.29 bits per heavy atom. The Hall–Kier alpha value is -1.09. The maximum absolute atomic E-state index is 5.41. The lowest BCUT2D eigenvalue weighted by Crippen LogP contribution is -2.25. The summed E-state index contributed by atoms with van der Waals surface area (Å²) in [7, 11) is 0. The summed E-state index contributed by atoms with van der Waals surface area (Å²) in [6.45, 7) is 5.84. The molecular weight excluding hydrogens is 176 g/mol. The molecule has 1 saturated heterocycles. The third-order valence-corrected chi connectivity index (χ3v) is 2.45. The first-order chi connectivity index (χ1) is 6.86. The molecule has 3 nitrogen and oxygen atoms in total. The highest BCUT2D eigenvalue weighted by atomic mass is 16.5. The van der Waals surface area contributed by atoms with Crippen LogP contribution >= 0.6 is 0 Å². The largest absolute Gasteiger partial charge is 0.380 e. The lowest BCUT2D eigenvalue weighted by Gasteiger charge is -2.21. The minimum atomic E-state index is 0.827. The summed E-state index contributed by atoms with van der Waals surface area (Å²) in [5.74, 6) is 0. The van der Waals surface area contributed by atoms with Crippen LogP contribution in [0.5, 0.6) is 0 Å². The van der Waals surface area contributed by atoms with Crippen LogP contribution in [0.3, 0.4) is 0 Å². The average Bonchev–Trinajstić information content (AvgIpc) is 2.45. The van der Waals surface area contributed by atoms with Crippen molar-refractivity contribution in [2.24, 2.45) is 0 Å². The Bertz CT molecular complexity index is 293. The van der Waals surface area contributed by atoms with Crippen molar-refractivity contribution < 1.29 is 4.74 Å². The van der Waals surface area contributed by atoms with Gasteiger partial charge in [0, 0.05) is 25.9 Å².